The second kappa shape index (κ2) is 4.31. The summed E-state index contributed by atoms with van der Waals surface area (Å²) in [6, 6.07) is 2.05. The van der Waals surface area contributed by atoms with Crippen LogP contribution in [0.25, 0.3) is 0 Å². The van der Waals surface area contributed by atoms with Crippen LogP contribution in [0.1, 0.15) is 38.0 Å². The number of nitrogens with one attached hydrogen (secondary N) is 1. The standard InChI is InChI=1S/C10H17NO/c1-4-11-7-10-9(8(2)3)5-6-12-10/h5-6,8,11H,4,7H2,1-3H3. The molecule has 12 heavy (non-hydrogen) atoms. The van der Waals surface area contributed by atoms with Gasteiger partial charge in [-0.3, -0.25) is 0 Å². The van der Waals surface area contributed by atoms with Gasteiger partial charge in [0.25, 0.3) is 0 Å². The molecule has 0 spiro atoms. The smallest absolute Gasteiger partial charge is 0.120 e. The number of hydrogen-bond acceptors (Lipinski definition) is 2. The van der Waals surface area contributed by atoms with Crippen molar-refractivity contribution in [1.82, 2.24) is 5.32 Å². The van der Waals surface area contributed by atoms with Gasteiger partial charge in [0.05, 0.1) is 12.8 Å². The molecule has 0 saturated carbocycles. The van der Waals surface area contributed by atoms with Gasteiger partial charge in [-0.1, -0.05) is 20.8 Å². The van der Waals surface area contributed by atoms with Crippen LogP contribution in [0.3, 0.4) is 0 Å². The Balaban J connectivity index is 2.64. The molecule has 1 heterocycles. The zero-order valence-corrected chi connectivity index (χ0v) is 8.05. The van der Waals surface area contributed by atoms with Crippen LogP contribution in [0.2, 0.25) is 0 Å². The Morgan fingerprint density at radius 2 is 2.25 bits per heavy atom. The molecule has 0 fully saturated rings. The lowest BCUT2D eigenvalue weighted by Crippen LogP contribution is -2.12. The summed E-state index contributed by atoms with van der Waals surface area (Å²) in [6.07, 6.45) is 1.77. The molecule has 2 nitrogen and oxygen atoms in total. The first-order valence-corrected chi connectivity index (χ1v) is 4.52. The normalized spacial score (nSPS) is 11.0. The average molecular weight is 167 g/mol. The highest BCUT2D eigenvalue weighted by molar-refractivity contribution is 5.20. The van der Waals surface area contributed by atoms with E-state index in [4.69, 9.17) is 4.42 Å². The van der Waals surface area contributed by atoms with Crippen molar-refractivity contribution in [2.45, 2.75) is 33.2 Å². The molecule has 0 aliphatic carbocycles. The number of hydrogen-bond donors (Lipinski definition) is 1. The van der Waals surface area contributed by atoms with Gasteiger partial charge in [-0.2, -0.15) is 0 Å². The topological polar surface area (TPSA) is 25.2 Å². The minimum absolute atomic E-state index is 0.553. The summed E-state index contributed by atoms with van der Waals surface area (Å²) in [5.41, 5.74) is 1.32. The van der Waals surface area contributed by atoms with E-state index in [1.807, 2.05) is 0 Å². The van der Waals surface area contributed by atoms with Crippen molar-refractivity contribution in [2.24, 2.45) is 0 Å². The number of rotatable bonds is 4. The fourth-order valence-corrected chi connectivity index (χ4v) is 1.25. The summed E-state index contributed by atoms with van der Waals surface area (Å²) in [5, 5.41) is 3.25. The third kappa shape index (κ3) is 2.11. The van der Waals surface area contributed by atoms with Gasteiger partial charge in [0.2, 0.25) is 0 Å². The van der Waals surface area contributed by atoms with Crippen molar-refractivity contribution >= 4 is 0 Å². The van der Waals surface area contributed by atoms with E-state index >= 15 is 0 Å². The second-order valence-corrected chi connectivity index (χ2v) is 3.23. The summed E-state index contributed by atoms with van der Waals surface area (Å²) >= 11 is 0. The van der Waals surface area contributed by atoms with E-state index in [-0.39, 0.29) is 0 Å². The van der Waals surface area contributed by atoms with Crippen molar-refractivity contribution in [3.8, 4) is 0 Å². The van der Waals surface area contributed by atoms with Gasteiger partial charge >= 0.3 is 0 Å². The molecule has 1 aromatic heterocycles. The fourth-order valence-electron chi connectivity index (χ4n) is 1.25. The third-order valence-electron chi connectivity index (χ3n) is 1.94. The Kier molecular flexibility index (Phi) is 3.35. The van der Waals surface area contributed by atoms with Gasteiger partial charge in [0.15, 0.2) is 0 Å². The summed E-state index contributed by atoms with van der Waals surface area (Å²) in [4.78, 5) is 0. The lowest BCUT2D eigenvalue weighted by molar-refractivity contribution is 0.480. The van der Waals surface area contributed by atoms with Gasteiger partial charge < -0.3 is 9.73 Å². The molecule has 2 heteroatoms. The SMILES string of the molecule is CCNCc1occc1C(C)C. The number of furan rings is 1. The van der Waals surface area contributed by atoms with Crippen molar-refractivity contribution in [3.05, 3.63) is 23.7 Å². The van der Waals surface area contributed by atoms with E-state index in [9.17, 15) is 0 Å². The maximum absolute atomic E-state index is 5.37. The Bertz CT molecular complexity index is 227. The fraction of sp³-hybridized carbons (Fsp3) is 0.600. The molecule has 0 aliphatic heterocycles. The van der Waals surface area contributed by atoms with Gasteiger partial charge in [0.1, 0.15) is 5.76 Å². The quantitative estimate of drug-likeness (QED) is 0.745. The second-order valence-electron chi connectivity index (χ2n) is 3.23. The lowest BCUT2D eigenvalue weighted by Gasteiger charge is -2.05. The van der Waals surface area contributed by atoms with E-state index in [2.05, 4.69) is 32.2 Å². The first-order chi connectivity index (χ1) is 5.75. The van der Waals surface area contributed by atoms with Crippen molar-refractivity contribution in [2.75, 3.05) is 6.54 Å². The summed E-state index contributed by atoms with van der Waals surface area (Å²) in [5.74, 6) is 1.63. The molecule has 0 radical (unpaired) electrons. The molecule has 0 amide bonds. The van der Waals surface area contributed by atoms with Crippen LogP contribution >= 0.6 is 0 Å². The van der Waals surface area contributed by atoms with Crippen molar-refractivity contribution in [1.29, 1.82) is 0 Å². The van der Waals surface area contributed by atoms with Crippen LogP contribution < -0.4 is 5.32 Å². The summed E-state index contributed by atoms with van der Waals surface area (Å²) in [6.45, 7) is 8.29. The highest BCUT2D eigenvalue weighted by atomic mass is 16.3. The van der Waals surface area contributed by atoms with E-state index in [0.29, 0.717) is 5.92 Å². The van der Waals surface area contributed by atoms with Crippen LogP contribution in [0.5, 0.6) is 0 Å². The Hall–Kier alpha value is -0.760. The minimum atomic E-state index is 0.553. The lowest BCUT2D eigenvalue weighted by atomic mass is 10.0. The van der Waals surface area contributed by atoms with Gasteiger partial charge in [-0.25, -0.2) is 0 Å². The largest absolute Gasteiger partial charge is 0.468 e. The molecule has 0 aromatic carbocycles. The van der Waals surface area contributed by atoms with E-state index in [1.54, 1.807) is 6.26 Å². The highest BCUT2D eigenvalue weighted by Crippen LogP contribution is 2.19. The van der Waals surface area contributed by atoms with Gasteiger partial charge in [-0.15, -0.1) is 0 Å². The van der Waals surface area contributed by atoms with Crippen molar-refractivity contribution < 1.29 is 4.42 Å². The minimum Gasteiger partial charge on any atom is -0.468 e. The van der Waals surface area contributed by atoms with Crippen LogP contribution in [-0.2, 0) is 6.54 Å². The van der Waals surface area contributed by atoms with Crippen LogP contribution in [0, 0.1) is 0 Å². The summed E-state index contributed by atoms with van der Waals surface area (Å²) < 4.78 is 5.37. The molecule has 0 bridgehead atoms. The van der Waals surface area contributed by atoms with Crippen molar-refractivity contribution in [3.63, 3.8) is 0 Å². The van der Waals surface area contributed by atoms with Crippen LogP contribution in [-0.4, -0.2) is 6.54 Å². The molecule has 1 rings (SSSR count). The molecular formula is C10H17NO. The predicted octanol–water partition coefficient (Wildman–Crippen LogP) is 2.51. The molecule has 0 saturated heterocycles. The maximum Gasteiger partial charge on any atom is 0.120 e. The third-order valence-corrected chi connectivity index (χ3v) is 1.94. The Morgan fingerprint density at radius 1 is 1.50 bits per heavy atom. The molecule has 68 valence electrons. The van der Waals surface area contributed by atoms with Gasteiger partial charge in [0, 0.05) is 0 Å². The average Bonchev–Trinajstić information content (AvgIpc) is 2.48. The van der Waals surface area contributed by atoms with E-state index in [1.165, 1.54) is 5.56 Å². The molecule has 0 aliphatic rings. The Morgan fingerprint density at radius 3 is 2.83 bits per heavy atom. The molecule has 1 aromatic rings. The molecule has 0 atom stereocenters. The monoisotopic (exact) mass is 167 g/mol. The van der Waals surface area contributed by atoms with Crippen LogP contribution in [0.15, 0.2) is 16.7 Å². The predicted molar refractivity (Wildman–Crippen MR) is 50.2 cm³/mol. The molecular weight excluding hydrogens is 150 g/mol. The van der Waals surface area contributed by atoms with E-state index in [0.717, 1.165) is 18.8 Å². The van der Waals surface area contributed by atoms with Gasteiger partial charge in [-0.05, 0) is 24.1 Å². The van der Waals surface area contributed by atoms with Crippen LogP contribution in [0.4, 0.5) is 0 Å². The summed E-state index contributed by atoms with van der Waals surface area (Å²) in [7, 11) is 0. The zero-order chi connectivity index (χ0) is 8.97. The van der Waals surface area contributed by atoms with E-state index < -0.39 is 0 Å². The highest BCUT2D eigenvalue weighted by Gasteiger charge is 2.08. The first kappa shape index (κ1) is 9.33. The first-order valence-electron chi connectivity index (χ1n) is 4.52. The Labute approximate surface area is 74.0 Å². The molecule has 1 N–H and O–H groups in total. The molecule has 0 unspecified atom stereocenters. The maximum atomic E-state index is 5.37. The zero-order valence-electron chi connectivity index (χ0n) is 8.05.